The second kappa shape index (κ2) is 8.64. The molecule has 1 amide bonds. The second-order valence-corrected chi connectivity index (χ2v) is 9.87. The van der Waals surface area contributed by atoms with Crippen molar-refractivity contribution in [1.82, 2.24) is 4.90 Å². The SMILES string of the molecule is CC1(C)CN(C(=O)c2cccc(S(=O)(=O)Cc3ccccc3)c2)CCC1N.Cl. The number of benzene rings is 2. The first-order chi connectivity index (χ1) is 12.7. The van der Waals surface area contributed by atoms with Gasteiger partial charge in [-0.1, -0.05) is 50.2 Å². The number of amides is 1. The number of likely N-dealkylation sites (tertiary alicyclic amines) is 1. The van der Waals surface area contributed by atoms with Gasteiger partial charge in [-0.3, -0.25) is 4.79 Å². The van der Waals surface area contributed by atoms with Gasteiger partial charge in [0.1, 0.15) is 0 Å². The van der Waals surface area contributed by atoms with Crippen molar-refractivity contribution in [3.63, 3.8) is 0 Å². The molecular weight excluding hydrogens is 396 g/mol. The van der Waals surface area contributed by atoms with Gasteiger partial charge in [0.05, 0.1) is 10.6 Å². The van der Waals surface area contributed by atoms with Crippen molar-refractivity contribution in [2.45, 2.75) is 37.0 Å². The number of carbonyl (C=O) groups is 1. The molecule has 0 spiro atoms. The molecule has 0 aliphatic carbocycles. The molecule has 0 radical (unpaired) electrons. The van der Waals surface area contributed by atoms with Crippen LogP contribution in [0.2, 0.25) is 0 Å². The predicted molar refractivity (Wildman–Crippen MR) is 113 cm³/mol. The van der Waals surface area contributed by atoms with Crippen molar-refractivity contribution in [3.05, 3.63) is 65.7 Å². The Hall–Kier alpha value is -1.89. The van der Waals surface area contributed by atoms with Crippen molar-refractivity contribution < 1.29 is 13.2 Å². The first-order valence-electron chi connectivity index (χ1n) is 9.11. The van der Waals surface area contributed by atoms with Crippen molar-refractivity contribution in [3.8, 4) is 0 Å². The second-order valence-electron chi connectivity index (χ2n) is 7.88. The van der Waals surface area contributed by atoms with E-state index in [0.717, 1.165) is 12.0 Å². The molecule has 0 bridgehead atoms. The van der Waals surface area contributed by atoms with E-state index in [1.165, 1.54) is 6.07 Å². The molecule has 1 saturated heterocycles. The molecule has 1 fully saturated rings. The third-order valence-electron chi connectivity index (χ3n) is 5.24. The van der Waals surface area contributed by atoms with Crippen molar-refractivity contribution in [2.24, 2.45) is 11.1 Å². The number of nitrogens with zero attached hydrogens (tertiary/aromatic N) is 1. The lowest BCUT2D eigenvalue weighted by Gasteiger charge is -2.42. The van der Waals surface area contributed by atoms with E-state index < -0.39 is 9.84 Å². The number of halogens is 1. The molecule has 2 N–H and O–H groups in total. The fraction of sp³-hybridized carbons (Fsp3) is 0.381. The summed E-state index contributed by atoms with van der Waals surface area (Å²) in [4.78, 5) is 14.9. The number of carbonyl (C=O) groups excluding carboxylic acids is 1. The molecule has 0 saturated carbocycles. The highest BCUT2D eigenvalue weighted by molar-refractivity contribution is 7.90. The lowest BCUT2D eigenvalue weighted by atomic mass is 9.79. The molecule has 1 unspecified atom stereocenters. The maximum atomic E-state index is 12.9. The molecule has 1 atom stereocenters. The van der Waals surface area contributed by atoms with Crippen LogP contribution >= 0.6 is 12.4 Å². The summed E-state index contributed by atoms with van der Waals surface area (Å²) in [5, 5.41) is 0. The molecule has 2 aromatic carbocycles. The summed E-state index contributed by atoms with van der Waals surface area (Å²) in [6, 6.07) is 15.4. The summed E-state index contributed by atoms with van der Waals surface area (Å²) in [7, 11) is -3.52. The Morgan fingerprint density at radius 2 is 1.82 bits per heavy atom. The van der Waals surface area contributed by atoms with Gasteiger partial charge in [0, 0.05) is 24.7 Å². The summed E-state index contributed by atoms with van der Waals surface area (Å²) in [6.07, 6.45) is 0.741. The first kappa shape index (κ1) is 22.4. The number of rotatable bonds is 4. The molecule has 1 aliphatic heterocycles. The third-order valence-corrected chi connectivity index (χ3v) is 6.92. The van der Waals surface area contributed by atoms with Gasteiger partial charge in [-0.2, -0.15) is 0 Å². The maximum absolute atomic E-state index is 12.9. The molecule has 1 aliphatic rings. The van der Waals surface area contributed by atoms with E-state index in [1.807, 2.05) is 18.2 Å². The van der Waals surface area contributed by atoms with Gasteiger partial charge in [-0.15, -0.1) is 12.4 Å². The van der Waals surface area contributed by atoms with E-state index in [-0.39, 0.29) is 40.4 Å². The van der Waals surface area contributed by atoms with E-state index in [9.17, 15) is 13.2 Å². The summed E-state index contributed by atoms with van der Waals surface area (Å²) >= 11 is 0. The highest BCUT2D eigenvalue weighted by Gasteiger charge is 2.35. The van der Waals surface area contributed by atoms with Crippen molar-refractivity contribution in [1.29, 1.82) is 0 Å². The lowest BCUT2D eigenvalue weighted by molar-refractivity contribution is 0.0533. The summed E-state index contributed by atoms with van der Waals surface area (Å²) in [6.45, 7) is 5.26. The number of nitrogens with two attached hydrogens (primary N) is 1. The predicted octanol–water partition coefficient (Wildman–Crippen LogP) is 3.28. The van der Waals surface area contributed by atoms with E-state index >= 15 is 0 Å². The van der Waals surface area contributed by atoms with Gasteiger partial charge in [0.2, 0.25) is 0 Å². The minimum absolute atomic E-state index is 0. The van der Waals surface area contributed by atoms with E-state index in [4.69, 9.17) is 5.73 Å². The fourth-order valence-corrected chi connectivity index (χ4v) is 4.82. The maximum Gasteiger partial charge on any atom is 0.253 e. The Kier molecular flexibility index (Phi) is 6.91. The Balaban J connectivity index is 0.00000280. The molecule has 7 heteroatoms. The third kappa shape index (κ3) is 4.93. The first-order valence-corrected chi connectivity index (χ1v) is 10.8. The van der Waals surface area contributed by atoms with Gasteiger partial charge in [-0.05, 0) is 35.6 Å². The molecule has 1 heterocycles. The number of sulfone groups is 1. The van der Waals surface area contributed by atoms with Crippen molar-refractivity contribution in [2.75, 3.05) is 13.1 Å². The molecule has 3 rings (SSSR count). The standard InChI is InChI=1S/C21H26N2O3S.ClH/c1-21(2)15-23(12-11-19(21)22)20(24)17-9-6-10-18(13-17)27(25,26)14-16-7-4-3-5-8-16;/h3-10,13,19H,11-12,14-15,22H2,1-2H3;1H. The van der Waals surface area contributed by atoms with Gasteiger partial charge in [-0.25, -0.2) is 8.42 Å². The molecule has 0 aromatic heterocycles. The minimum atomic E-state index is -3.52. The zero-order chi connectivity index (χ0) is 19.7. The van der Waals surface area contributed by atoms with Crippen LogP contribution in [0.5, 0.6) is 0 Å². The molecule has 5 nitrogen and oxygen atoms in total. The average Bonchev–Trinajstić information content (AvgIpc) is 2.64. The Morgan fingerprint density at radius 1 is 1.14 bits per heavy atom. The average molecular weight is 423 g/mol. The molecule has 152 valence electrons. The summed E-state index contributed by atoms with van der Waals surface area (Å²) in [5.41, 5.74) is 7.11. The van der Waals surface area contributed by atoms with Crippen LogP contribution < -0.4 is 5.73 Å². The van der Waals surface area contributed by atoms with Crippen LogP contribution in [0.3, 0.4) is 0 Å². The summed E-state index contributed by atoms with van der Waals surface area (Å²) < 4.78 is 25.5. The van der Waals surface area contributed by atoms with Crippen LogP contribution in [0.1, 0.15) is 36.2 Å². The molecular formula is C21H27ClN2O3S. The van der Waals surface area contributed by atoms with Crippen molar-refractivity contribution >= 4 is 28.2 Å². The van der Waals surface area contributed by atoms with Gasteiger partial charge in [0.25, 0.3) is 5.91 Å². The Morgan fingerprint density at radius 3 is 2.46 bits per heavy atom. The zero-order valence-electron chi connectivity index (χ0n) is 16.2. The zero-order valence-corrected chi connectivity index (χ0v) is 17.8. The van der Waals surface area contributed by atoms with Gasteiger partial charge < -0.3 is 10.6 Å². The van der Waals surface area contributed by atoms with Crippen LogP contribution in [0.25, 0.3) is 0 Å². The van der Waals surface area contributed by atoms with E-state index in [2.05, 4.69) is 13.8 Å². The highest BCUT2D eigenvalue weighted by Crippen LogP contribution is 2.29. The number of hydrogen-bond acceptors (Lipinski definition) is 4. The normalized spacial score (nSPS) is 19.0. The highest BCUT2D eigenvalue weighted by atomic mass is 35.5. The fourth-order valence-electron chi connectivity index (χ4n) is 3.43. The van der Waals surface area contributed by atoms with Gasteiger partial charge in [0.15, 0.2) is 9.84 Å². The molecule has 28 heavy (non-hydrogen) atoms. The minimum Gasteiger partial charge on any atom is -0.338 e. The topological polar surface area (TPSA) is 80.5 Å². The van der Waals surface area contributed by atoms with Gasteiger partial charge >= 0.3 is 0 Å². The van der Waals surface area contributed by atoms with E-state index in [1.54, 1.807) is 35.2 Å². The molecule has 2 aromatic rings. The van der Waals surface area contributed by atoms with Crippen LogP contribution in [-0.4, -0.2) is 38.4 Å². The number of piperidine rings is 1. The lowest BCUT2D eigenvalue weighted by Crippen LogP contribution is -2.54. The van der Waals surface area contributed by atoms with Crippen LogP contribution in [0.4, 0.5) is 0 Å². The van der Waals surface area contributed by atoms with E-state index in [0.29, 0.717) is 18.7 Å². The Labute approximate surface area is 173 Å². The number of hydrogen-bond donors (Lipinski definition) is 1. The Bertz CT molecular complexity index is 930. The van der Waals surface area contributed by atoms with Crippen LogP contribution in [0.15, 0.2) is 59.5 Å². The monoisotopic (exact) mass is 422 g/mol. The van der Waals surface area contributed by atoms with Crippen LogP contribution in [0, 0.1) is 5.41 Å². The van der Waals surface area contributed by atoms with Crippen LogP contribution in [-0.2, 0) is 15.6 Å². The summed E-state index contributed by atoms with van der Waals surface area (Å²) in [5.74, 6) is -0.233. The largest absolute Gasteiger partial charge is 0.338 e. The smallest absolute Gasteiger partial charge is 0.253 e. The quantitative estimate of drug-likeness (QED) is 0.819.